The van der Waals surface area contributed by atoms with Gasteiger partial charge in [0, 0.05) is 25.0 Å². The second-order valence-electron chi connectivity index (χ2n) is 5.52. The highest BCUT2D eigenvalue weighted by molar-refractivity contribution is 7.09. The van der Waals surface area contributed by atoms with Crippen molar-refractivity contribution in [1.82, 2.24) is 14.5 Å². The molecule has 0 aliphatic heterocycles. The summed E-state index contributed by atoms with van der Waals surface area (Å²) in [5.74, 6) is -0.459. The van der Waals surface area contributed by atoms with Crippen LogP contribution in [0, 0.1) is 6.92 Å². The number of nitrogens with two attached hydrogens (primary N) is 1. The molecule has 0 aliphatic carbocycles. The molecule has 0 fully saturated rings. The average Bonchev–Trinajstić information content (AvgIpc) is 2.97. The molecule has 0 unspecified atom stereocenters. The summed E-state index contributed by atoms with van der Waals surface area (Å²) in [7, 11) is 1.44. The standard InChI is InChI=1S/C16H21N5O3S/c1-4-5-8-21-14(17)13(15(23)19-16(21)24)20(3)12(22)7-6-11-9-25-10(2)18-11/h6-7,9H,4-5,8,17H2,1-3H3,(H,19,23,24)/b7-6+. The summed E-state index contributed by atoms with van der Waals surface area (Å²) in [6, 6.07) is 0. The van der Waals surface area contributed by atoms with Crippen LogP contribution in [-0.2, 0) is 11.3 Å². The number of nitrogens with one attached hydrogen (secondary N) is 1. The number of rotatable bonds is 6. The van der Waals surface area contributed by atoms with Gasteiger partial charge in [-0.2, -0.15) is 0 Å². The van der Waals surface area contributed by atoms with Gasteiger partial charge in [0.2, 0.25) is 0 Å². The van der Waals surface area contributed by atoms with Crippen LogP contribution >= 0.6 is 11.3 Å². The summed E-state index contributed by atoms with van der Waals surface area (Å²) in [6.07, 6.45) is 4.48. The van der Waals surface area contributed by atoms with E-state index < -0.39 is 17.2 Å². The number of carbonyl (C=O) groups excluding carboxylic acids is 1. The number of hydrogen-bond acceptors (Lipinski definition) is 6. The van der Waals surface area contributed by atoms with Crippen LogP contribution in [0.1, 0.15) is 30.5 Å². The molecule has 0 bridgehead atoms. The summed E-state index contributed by atoms with van der Waals surface area (Å²) >= 11 is 1.48. The third kappa shape index (κ3) is 4.24. The molecule has 2 heterocycles. The third-order valence-electron chi connectivity index (χ3n) is 3.65. The van der Waals surface area contributed by atoms with E-state index in [4.69, 9.17) is 5.73 Å². The number of nitrogen functional groups attached to an aromatic ring is 1. The van der Waals surface area contributed by atoms with Gasteiger partial charge in [-0.1, -0.05) is 13.3 Å². The molecule has 0 saturated carbocycles. The number of aryl methyl sites for hydroxylation is 1. The van der Waals surface area contributed by atoms with Gasteiger partial charge in [-0.25, -0.2) is 9.78 Å². The molecule has 25 heavy (non-hydrogen) atoms. The maximum atomic E-state index is 12.4. The zero-order valence-electron chi connectivity index (χ0n) is 14.4. The molecule has 2 rings (SSSR count). The van der Waals surface area contributed by atoms with E-state index in [0.29, 0.717) is 12.2 Å². The van der Waals surface area contributed by atoms with E-state index in [1.807, 2.05) is 19.2 Å². The Morgan fingerprint density at radius 2 is 2.20 bits per heavy atom. The fourth-order valence-electron chi connectivity index (χ4n) is 2.28. The van der Waals surface area contributed by atoms with Crippen LogP contribution in [-0.4, -0.2) is 27.5 Å². The van der Waals surface area contributed by atoms with Crippen molar-refractivity contribution < 1.29 is 4.79 Å². The van der Waals surface area contributed by atoms with Gasteiger partial charge in [0.1, 0.15) is 5.82 Å². The Kier molecular flexibility index (Phi) is 5.92. The van der Waals surface area contributed by atoms with Crippen molar-refractivity contribution in [3.63, 3.8) is 0 Å². The molecule has 2 aromatic rings. The van der Waals surface area contributed by atoms with Crippen LogP contribution < -0.4 is 21.9 Å². The summed E-state index contributed by atoms with van der Waals surface area (Å²) in [6.45, 7) is 4.23. The summed E-state index contributed by atoms with van der Waals surface area (Å²) < 4.78 is 1.28. The lowest BCUT2D eigenvalue weighted by atomic mass is 10.3. The molecule has 0 saturated heterocycles. The first kappa shape index (κ1) is 18.7. The number of anilines is 2. The monoisotopic (exact) mass is 363 g/mol. The highest BCUT2D eigenvalue weighted by Crippen LogP contribution is 2.16. The average molecular weight is 363 g/mol. The van der Waals surface area contributed by atoms with Gasteiger partial charge in [-0.05, 0) is 19.4 Å². The maximum absolute atomic E-state index is 12.4. The topological polar surface area (TPSA) is 114 Å². The van der Waals surface area contributed by atoms with Crippen molar-refractivity contribution in [2.24, 2.45) is 0 Å². The quantitative estimate of drug-likeness (QED) is 0.752. The fourth-order valence-corrected chi connectivity index (χ4v) is 2.86. The van der Waals surface area contributed by atoms with Crippen molar-refractivity contribution in [2.45, 2.75) is 33.2 Å². The van der Waals surface area contributed by atoms with E-state index in [9.17, 15) is 14.4 Å². The molecular formula is C16H21N5O3S. The maximum Gasteiger partial charge on any atom is 0.330 e. The molecule has 0 spiro atoms. The number of H-pyrrole nitrogens is 1. The highest BCUT2D eigenvalue weighted by Gasteiger charge is 2.19. The first-order chi connectivity index (χ1) is 11.8. The molecule has 9 heteroatoms. The molecule has 0 aromatic carbocycles. The Labute approximate surface area is 148 Å². The molecule has 1 amide bonds. The van der Waals surface area contributed by atoms with Gasteiger partial charge < -0.3 is 10.6 Å². The largest absolute Gasteiger partial charge is 0.383 e. The van der Waals surface area contributed by atoms with E-state index in [1.165, 1.54) is 29.0 Å². The Morgan fingerprint density at radius 1 is 1.48 bits per heavy atom. The molecule has 3 N–H and O–H groups in total. The number of nitrogens with zero attached hydrogens (tertiary/aromatic N) is 3. The van der Waals surface area contributed by atoms with Crippen LogP contribution in [0.25, 0.3) is 6.08 Å². The fraction of sp³-hybridized carbons (Fsp3) is 0.375. The van der Waals surface area contributed by atoms with Gasteiger partial charge in [0.25, 0.3) is 11.5 Å². The molecule has 0 aliphatic rings. The van der Waals surface area contributed by atoms with E-state index >= 15 is 0 Å². The predicted octanol–water partition coefficient (Wildman–Crippen LogP) is 1.36. The van der Waals surface area contributed by atoms with Crippen molar-refractivity contribution in [1.29, 1.82) is 0 Å². The number of hydrogen-bond donors (Lipinski definition) is 2. The van der Waals surface area contributed by atoms with Gasteiger partial charge in [-0.15, -0.1) is 11.3 Å². The second kappa shape index (κ2) is 7.93. The summed E-state index contributed by atoms with van der Waals surface area (Å²) in [5, 5.41) is 2.72. The normalized spacial score (nSPS) is 11.2. The summed E-state index contributed by atoms with van der Waals surface area (Å²) in [5.41, 5.74) is 5.35. The zero-order valence-corrected chi connectivity index (χ0v) is 15.2. The smallest absolute Gasteiger partial charge is 0.330 e. The minimum atomic E-state index is -0.691. The minimum Gasteiger partial charge on any atom is -0.383 e. The van der Waals surface area contributed by atoms with Crippen LogP contribution in [0.2, 0.25) is 0 Å². The lowest BCUT2D eigenvalue weighted by Crippen LogP contribution is -2.38. The Hall–Kier alpha value is -2.68. The highest BCUT2D eigenvalue weighted by atomic mass is 32.1. The van der Waals surface area contributed by atoms with Crippen LogP contribution in [0.5, 0.6) is 0 Å². The third-order valence-corrected chi connectivity index (χ3v) is 4.44. The van der Waals surface area contributed by atoms with Gasteiger partial charge in [-0.3, -0.25) is 19.1 Å². The van der Waals surface area contributed by atoms with E-state index in [2.05, 4.69) is 9.97 Å². The molecule has 8 nitrogen and oxygen atoms in total. The number of amides is 1. The van der Waals surface area contributed by atoms with Crippen molar-refractivity contribution >= 4 is 34.8 Å². The minimum absolute atomic E-state index is 0.0176. The van der Waals surface area contributed by atoms with Crippen LogP contribution in [0.15, 0.2) is 21.0 Å². The van der Waals surface area contributed by atoms with E-state index in [1.54, 1.807) is 6.08 Å². The molecule has 134 valence electrons. The van der Waals surface area contributed by atoms with Crippen molar-refractivity contribution in [3.8, 4) is 0 Å². The van der Waals surface area contributed by atoms with Gasteiger partial charge in [0.15, 0.2) is 5.69 Å². The number of likely N-dealkylation sites (N-methyl/N-ethyl adjacent to an activating group) is 1. The second-order valence-corrected chi connectivity index (χ2v) is 6.58. The van der Waals surface area contributed by atoms with Crippen LogP contribution in [0.4, 0.5) is 11.5 Å². The molecular weight excluding hydrogens is 342 g/mol. The number of carbonyl (C=O) groups is 1. The molecule has 2 aromatic heterocycles. The van der Waals surface area contributed by atoms with Crippen LogP contribution in [0.3, 0.4) is 0 Å². The lowest BCUT2D eigenvalue weighted by molar-refractivity contribution is -0.113. The van der Waals surface area contributed by atoms with Gasteiger partial charge >= 0.3 is 5.69 Å². The summed E-state index contributed by atoms with van der Waals surface area (Å²) in [4.78, 5) is 44.0. The Bertz CT molecular complexity index is 909. The van der Waals surface area contributed by atoms with Gasteiger partial charge in [0.05, 0.1) is 10.7 Å². The first-order valence-electron chi connectivity index (χ1n) is 7.85. The molecule has 0 radical (unpaired) electrons. The predicted molar refractivity (Wildman–Crippen MR) is 99.9 cm³/mol. The number of aromatic amines is 1. The lowest BCUT2D eigenvalue weighted by Gasteiger charge is -2.19. The number of unbranched alkanes of at least 4 members (excludes halogenated alkanes) is 1. The SMILES string of the molecule is CCCCn1c(N)c(N(C)C(=O)/C=C/c2csc(C)n2)c(=O)[nH]c1=O. The van der Waals surface area contributed by atoms with E-state index in [0.717, 1.165) is 22.7 Å². The van der Waals surface area contributed by atoms with E-state index in [-0.39, 0.29) is 11.5 Å². The zero-order chi connectivity index (χ0) is 18.6. The van der Waals surface area contributed by atoms with Crippen molar-refractivity contribution in [3.05, 3.63) is 43.0 Å². The number of thiazole rings is 1. The Balaban J connectivity index is 2.33. The first-order valence-corrected chi connectivity index (χ1v) is 8.73. The number of aromatic nitrogens is 3. The Morgan fingerprint density at radius 3 is 2.80 bits per heavy atom. The molecule has 0 atom stereocenters. The van der Waals surface area contributed by atoms with Crippen molar-refractivity contribution in [2.75, 3.05) is 17.7 Å².